The van der Waals surface area contributed by atoms with E-state index in [1.54, 1.807) is 11.3 Å². The molecule has 0 bridgehead atoms. The van der Waals surface area contributed by atoms with Gasteiger partial charge in [-0.3, -0.25) is 9.59 Å². The molecule has 2 N–H and O–H groups in total. The van der Waals surface area contributed by atoms with Crippen molar-refractivity contribution in [1.82, 2.24) is 10.6 Å². The fourth-order valence-electron chi connectivity index (χ4n) is 2.28. The number of carbonyl (C=O) groups is 2. The van der Waals surface area contributed by atoms with Gasteiger partial charge >= 0.3 is 0 Å². The van der Waals surface area contributed by atoms with Crippen LogP contribution in [0, 0.1) is 19.8 Å². The molecule has 2 amide bonds. The third kappa shape index (κ3) is 2.72. The standard InChI is InChI=1S/C13H18N2O2S/c1-7-4-11(9(3)18-7)8(2)15-13(17)10-5-12(16)14-6-10/h4,8,10H,5-6H2,1-3H3,(H,14,16)(H,15,17)/t8-,10-/m1/s1. The molecule has 98 valence electrons. The summed E-state index contributed by atoms with van der Waals surface area (Å²) < 4.78 is 0. The molecular formula is C13H18N2O2S. The second-order valence-electron chi connectivity index (χ2n) is 4.80. The Bertz CT molecular complexity index is 481. The van der Waals surface area contributed by atoms with Crippen LogP contribution < -0.4 is 10.6 Å². The van der Waals surface area contributed by atoms with Crippen LogP contribution in [0.2, 0.25) is 0 Å². The third-order valence-corrected chi connectivity index (χ3v) is 4.23. The first kappa shape index (κ1) is 13.1. The second-order valence-corrected chi connectivity index (χ2v) is 6.26. The lowest BCUT2D eigenvalue weighted by Crippen LogP contribution is -2.33. The molecule has 2 rings (SSSR count). The van der Waals surface area contributed by atoms with E-state index in [-0.39, 0.29) is 23.8 Å². The van der Waals surface area contributed by atoms with Gasteiger partial charge in [0.15, 0.2) is 0 Å². The molecule has 0 unspecified atom stereocenters. The van der Waals surface area contributed by atoms with Gasteiger partial charge in [-0.05, 0) is 32.4 Å². The summed E-state index contributed by atoms with van der Waals surface area (Å²) in [6, 6.07) is 2.11. The van der Waals surface area contributed by atoms with Crippen molar-refractivity contribution in [3.8, 4) is 0 Å². The van der Waals surface area contributed by atoms with E-state index in [1.165, 1.54) is 15.3 Å². The maximum Gasteiger partial charge on any atom is 0.225 e. The quantitative estimate of drug-likeness (QED) is 0.874. The predicted octanol–water partition coefficient (Wildman–Crippen LogP) is 1.68. The van der Waals surface area contributed by atoms with Crippen LogP contribution in [-0.4, -0.2) is 18.4 Å². The van der Waals surface area contributed by atoms with Gasteiger partial charge in [-0.25, -0.2) is 0 Å². The first-order chi connectivity index (χ1) is 8.47. The van der Waals surface area contributed by atoms with Crippen LogP contribution in [0.4, 0.5) is 0 Å². The van der Waals surface area contributed by atoms with Crippen LogP contribution in [-0.2, 0) is 9.59 Å². The molecule has 0 aromatic carbocycles. The molecule has 0 aliphatic carbocycles. The highest BCUT2D eigenvalue weighted by molar-refractivity contribution is 7.12. The Hall–Kier alpha value is -1.36. The largest absolute Gasteiger partial charge is 0.355 e. The van der Waals surface area contributed by atoms with Crippen LogP contribution in [0.5, 0.6) is 0 Å². The molecule has 5 heteroatoms. The zero-order chi connectivity index (χ0) is 13.3. The minimum absolute atomic E-state index is 0.00171. The van der Waals surface area contributed by atoms with Crippen molar-refractivity contribution in [2.75, 3.05) is 6.54 Å². The van der Waals surface area contributed by atoms with Gasteiger partial charge in [-0.1, -0.05) is 0 Å². The van der Waals surface area contributed by atoms with Crippen molar-refractivity contribution < 1.29 is 9.59 Å². The van der Waals surface area contributed by atoms with Gasteiger partial charge in [0.05, 0.1) is 12.0 Å². The maximum atomic E-state index is 12.0. The Labute approximate surface area is 111 Å². The number of rotatable bonds is 3. The van der Waals surface area contributed by atoms with Gasteiger partial charge in [0.1, 0.15) is 0 Å². The van der Waals surface area contributed by atoms with Crippen molar-refractivity contribution in [1.29, 1.82) is 0 Å². The Morgan fingerprint density at radius 1 is 1.56 bits per heavy atom. The molecule has 18 heavy (non-hydrogen) atoms. The number of nitrogens with one attached hydrogen (secondary N) is 2. The molecule has 2 heterocycles. The van der Waals surface area contributed by atoms with Crippen LogP contribution in [0.25, 0.3) is 0 Å². The van der Waals surface area contributed by atoms with Crippen molar-refractivity contribution in [3.05, 3.63) is 21.4 Å². The molecule has 4 nitrogen and oxygen atoms in total. The summed E-state index contributed by atoms with van der Waals surface area (Å²) in [7, 11) is 0. The van der Waals surface area contributed by atoms with Gasteiger partial charge < -0.3 is 10.6 Å². The number of hydrogen-bond donors (Lipinski definition) is 2. The molecule has 1 fully saturated rings. The maximum absolute atomic E-state index is 12.0. The van der Waals surface area contributed by atoms with Crippen LogP contribution in [0.3, 0.4) is 0 Å². The summed E-state index contributed by atoms with van der Waals surface area (Å²) in [6.45, 7) is 6.57. The van der Waals surface area contributed by atoms with E-state index in [2.05, 4.69) is 30.5 Å². The van der Waals surface area contributed by atoms with Gasteiger partial charge in [0.25, 0.3) is 0 Å². The Kier molecular flexibility index (Phi) is 3.71. The average molecular weight is 266 g/mol. The topological polar surface area (TPSA) is 58.2 Å². The number of carbonyl (C=O) groups excluding carboxylic acids is 2. The van der Waals surface area contributed by atoms with E-state index in [0.717, 1.165) is 0 Å². The molecule has 2 atom stereocenters. The molecule has 0 radical (unpaired) electrons. The van der Waals surface area contributed by atoms with Gasteiger partial charge in [-0.15, -0.1) is 11.3 Å². The number of amides is 2. The summed E-state index contributed by atoms with van der Waals surface area (Å²) in [5.74, 6) is -0.297. The average Bonchev–Trinajstić information content (AvgIpc) is 2.84. The Morgan fingerprint density at radius 3 is 2.78 bits per heavy atom. The SMILES string of the molecule is Cc1cc([C@@H](C)NC(=O)[C@H]2CNC(=O)C2)c(C)s1. The van der Waals surface area contributed by atoms with Crippen LogP contribution in [0.15, 0.2) is 6.07 Å². The molecule has 1 saturated heterocycles. The van der Waals surface area contributed by atoms with E-state index in [4.69, 9.17) is 0 Å². The molecule has 1 aliphatic heterocycles. The minimum atomic E-state index is -0.222. The van der Waals surface area contributed by atoms with E-state index in [1.807, 2.05) is 6.92 Å². The molecule has 1 aromatic rings. The second kappa shape index (κ2) is 5.10. The predicted molar refractivity (Wildman–Crippen MR) is 71.5 cm³/mol. The van der Waals surface area contributed by atoms with E-state index >= 15 is 0 Å². The number of hydrogen-bond acceptors (Lipinski definition) is 3. The van der Waals surface area contributed by atoms with Gasteiger partial charge in [-0.2, -0.15) is 0 Å². The van der Waals surface area contributed by atoms with E-state index in [0.29, 0.717) is 13.0 Å². The summed E-state index contributed by atoms with van der Waals surface area (Å²) in [6.07, 6.45) is 0.306. The van der Waals surface area contributed by atoms with Crippen molar-refractivity contribution in [3.63, 3.8) is 0 Å². The summed E-state index contributed by atoms with van der Waals surface area (Å²) >= 11 is 1.74. The molecule has 1 aliphatic rings. The lowest BCUT2D eigenvalue weighted by atomic mass is 10.1. The molecular weight excluding hydrogens is 248 g/mol. The lowest BCUT2D eigenvalue weighted by Gasteiger charge is -2.16. The fraction of sp³-hybridized carbons (Fsp3) is 0.538. The summed E-state index contributed by atoms with van der Waals surface area (Å²) in [5, 5.41) is 5.67. The zero-order valence-electron chi connectivity index (χ0n) is 10.9. The molecule has 0 saturated carbocycles. The minimum Gasteiger partial charge on any atom is -0.355 e. The smallest absolute Gasteiger partial charge is 0.225 e. The third-order valence-electron chi connectivity index (χ3n) is 3.25. The van der Waals surface area contributed by atoms with Gasteiger partial charge in [0, 0.05) is 22.7 Å². The Balaban J connectivity index is 1.99. The van der Waals surface area contributed by atoms with Crippen molar-refractivity contribution >= 4 is 23.2 Å². The van der Waals surface area contributed by atoms with E-state index < -0.39 is 0 Å². The van der Waals surface area contributed by atoms with Crippen molar-refractivity contribution in [2.24, 2.45) is 5.92 Å². The number of aryl methyl sites for hydroxylation is 2. The van der Waals surface area contributed by atoms with Gasteiger partial charge in [0.2, 0.25) is 11.8 Å². The Morgan fingerprint density at radius 2 is 2.28 bits per heavy atom. The first-order valence-corrected chi connectivity index (χ1v) is 6.93. The summed E-state index contributed by atoms with van der Waals surface area (Å²) in [4.78, 5) is 25.6. The highest BCUT2D eigenvalue weighted by atomic mass is 32.1. The molecule has 1 aromatic heterocycles. The fourth-order valence-corrected chi connectivity index (χ4v) is 3.30. The monoisotopic (exact) mass is 266 g/mol. The normalized spacial score (nSPS) is 20.6. The number of thiophene rings is 1. The summed E-state index contributed by atoms with van der Waals surface area (Å²) in [5.41, 5.74) is 1.17. The van der Waals surface area contributed by atoms with Crippen molar-refractivity contribution in [2.45, 2.75) is 33.2 Å². The first-order valence-electron chi connectivity index (χ1n) is 6.11. The molecule has 0 spiro atoms. The highest BCUT2D eigenvalue weighted by Gasteiger charge is 2.29. The lowest BCUT2D eigenvalue weighted by molar-refractivity contribution is -0.127. The van der Waals surface area contributed by atoms with E-state index in [9.17, 15) is 9.59 Å². The van der Waals surface area contributed by atoms with Crippen LogP contribution >= 0.6 is 11.3 Å². The highest BCUT2D eigenvalue weighted by Crippen LogP contribution is 2.26. The zero-order valence-corrected chi connectivity index (χ0v) is 11.7. The van der Waals surface area contributed by atoms with Crippen LogP contribution in [0.1, 0.15) is 34.7 Å².